The van der Waals surface area contributed by atoms with Crippen molar-refractivity contribution in [3.05, 3.63) is 104 Å². The maximum absolute atomic E-state index is 12.9. The number of sulfone groups is 1. The van der Waals surface area contributed by atoms with Crippen LogP contribution in [0, 0.1) is 0 Å². The van der Waals surface area contributed by atoms with E-state index in [4.69, 9.17) is 23.2 Å². The number of fused-ring (bicyclic) bond motifs is 2. The van der Waals surface area contributed by atoms with Crippen molar-refractivity contribution in [3.63, 3.8) is 0 Å². The molecule has 52 heavy (non-hydrogen) atoms. The number of anilines is 1. The van der Waals surface area contributed by atoms with Gasteiger partial charge >= 0.3 is 0 Å². The summed E-state index contributed by atoms with van der Waals surface area (Å²) in [4.78, 5) is 42.3. The van der Waals surface area contributed by atoms with Crippen LogP contribution in [0.5, 0.6) is 0 Å². The Labute approximate surface area is 312 Å². The number of hydrogen-bond donors (Lipinski definition) is 2. The molecule has 0 atom stereocenters. The number of pyridine rings is 2. The highest BCUT2D eigenvalue weighted by molar-refractivity contribution is 7.90. The Balaban J connectivity index is 0.000000227. The first kappa shape index (κ1) is 40.1. The molecule has 1 saturated carbocycles. The highest BCUT2D eigenvalue weighted by Gasteiger charge is 2.34. The minimum absolute atomic E-state index is 0. The molecule has 7 rings (SSSR count). The number of halogens is 2. The Morgan fingerprint density at radius 2 is 1.23 bits per heavy atom. The van der Waals surface area contributed by atoms with E-state index in [2.05, 4.69) is 25.3 Å². The van der Waals surface area contributed by atoms with Gasteiger partial charge in [-0.15, -0.1) is 0 Å². The number of aromatic nitrogens is 6. The molecule has 0 unspecified atom stereocenters. The third kappa shape index (κ3) is 7.87. The van der Waals surface area contributed by atoms with E-state index in [0.29, 0.717) is 49.3 Å². The van der Waals surface area contributed by atoms with Gasteiger partial charge in [0.15, 0.2) is 0 Å². The quantitative estimate of drug-likeness (QED) is 0.175. The third-order valence-electron chi connectivity index (χ3n) is 8.77. The van der Waals surface area contributed by atoms with E-state index in [0.717, 1.165) is 37.3 Å². The van der Waals surface area contributed by atoms with Gasteiger partial charge in [0, 0.05) is 75.8 Å². The number of aliphatic hydroxyl groups excluding tert-OH is 1. The lowest BCUT2D eigenvalue weighted by Gasteiger charge is -2.28. The molecule has 0 aliphatic heterocycles. The van der Waals surface area contributed by atoms with Gasteiger partial charge in [0.2, 0.25) is 20.9 Å². The number of benzene rings is 2. The zero-order valence-electron chi connectivity index (χ0n) is 27.4. The van der Waals surface area contributed by atoms with E-state index in [1.54, 1.807) is 55.7 Å². The fourth-order valence-electron chi connectivity index (χ4n) is 6.07. The molecule has 0 amide bonds. The van der Waals surface area contributed by atoms with Crippen molar-refractivity contribution in [1.29, 1.82) is 0 Å². The number of hydrogen-bond acceptors (Lipinski definition) is 10. The minimum atomic E-state index is -3.55. The summed E-state index contributed by atoms with van der Waals surface area (Å²) in [5, 5.41) is 15.1. The summed E-state index contributed by atoms with van der Waals surface area (Å²) in [6.07, 6.45) is 8.01. The molecular weight excluding hydrogens is 725 g/mol. The first-order valence-corrected chi connectivity index (χ1v) is 18.3. The van der Waals surface area contributed by atoms with Crippen molar-refractivity contribution in [3.8, 4) is 22.3 Å². The zero-order valence-corrected chi connectivity index (χ0v) is 29.7. The maximum Gasteiger partial charge on any atom is 0.259 e. The Hall–Kier alpha value is -4.69. The SMILES string of the molecule is C.C.Cn1c(=O)c(-c2ccccc2Cl)cc2cnc(NC3(CO)CCCC3)nc21.Cn1c(=O)c(-c2ccccc2Cl)cc2cnc(S(C)(=O)=O)nc21. The average Bonchev–Trinajstić information content (AvgIpc) is 3.57. The van der Waals surface area contributed by atoms with Gasteiger partial charge in [-0.2, -0.15) is 9.97 Å². The summed E-state index contributed by atoms with van der Waals surface area (Å²) in [6.45, 7) is 0.0404. The van der Waals surface area contributed by atoms with Crippen molar-refractivity contribution in [1.82, 2.24) is 29.1 Å². The van der Waals surface area contributed by atoms with Crippen molar-refractivity contribution < 1.29 is 13.5 Å². The largest absolute Gasteiger partial charge is 0.394 e. The van der Waals surface area contributed by atoms with Crippen LogP contribution in [0.4, 0.5) is 5.95 Å². The highest BCUT2D eigenvalue weighted by atomic mass is 35.5. The van der Waals surface area contributed by atoms with Crippen molar-refractivity contribution in [2.75, 3.05) is 18.2 Å². The van der Waals surface area contributed by atoms with Crippen LogP contribution in [0.15, 0.2) is 87.8 Å². The van der Waals surface area contributed by atoms with Crippen LogP contribution >= 0.6 is 23.2 Å². The zero-order chi connectivity index (χ0) is 35.8. The summed E-state index contributed by atoms with van der Waals surface area (Å²) in [7, 11) is -0.326. The second-order valence-electron chi connectivity index (χ2n) is 12.3. The van der Waals surface area contributed by atoms with E-state index in [9.17, 15) is 23.1 Å². The number of nitrogens with zero attached hydrogens (tertiary/aromatic N) is 6. The van der Waals surface area contributed by atoms with E-state index in [-0.39, 0.29) is 48.9 Å². The van der Waals surface area contributed by atoms with Crippen molar-refractivity contribution in [2.24, 2.45) is 14.1 Å². The second kappa shape index (κ2) is 15.9. The van der Waals surface area contributed by atoms with Crippen molar-refractivity contribution in [2.45, 2.75) is 51.2 Å². The Morgan fingerprint density at radius 3 is 1.69 bits per heavy atom. The fourth-order valence-corrected chi connectivity index (χ4v) is 7.04. The van der Waals surface area contributed by atoms with Crippen LogP contribution in [-0.2, 0) is 23.9 Å². The van der Waals surface area contributed by atoms with Crippen molar-refractivity contribution >= 4 is 61.1 Å². The molecule has 2 aromatic carbocycles. The summed E-state index contributed by atoms with van der Waals surface area (Å²) in [5.41, 5.74) is 2.15. The smallest absolute Gasteiger partial charge is 0.259 e. The molecule has 15 heteroatoms. The summed E-state index contributed by atoms with van der Waals surface area (Å²) in [6, 6.07) is 17.7. The minimum Gasteiger partial charge on any atom is -0.394 e. The van der Waals surface area contributed by atoms with Gasteiger partial charge in [-0.1, -0.05) is 87.3 Å². The van der Waals surface area contributed by atoms with Crippen LogP contribution in [0.3, 0.4) is 0 Å². The number of aliphatic hydroxyl groups is 1. The molecule has 12 nitrogen and oxygen atoms in total. The van der Waals surface area contributed by atoms with Gasteiger partial charge in [0.1, 0.15) is 11.3 Å². The van der Waals surface area contributed by atoms with Crippen LogP contribution in [-0.4, -0.2) is 61.0 Å². The second-order valence-corrected chi connectivity index (χ2v) is 15.0. The molecule has 1 aliphatic carbocycles. The van der Waals surface area contributed by atoms with E-state index in [1.165, 1.54) is 22.4 Å². The van der Waals surface area contributed by atoms with Gasteiger partial charge < -0.3 is 10.4 Å². The molecule has 2 N–H and O–H groups in total. The van der Waals surface area contributed by atoms with Crippen LogP contribution in [0.2, 0.25) is 10.0 Å². The molecule has 4 aromatic heterocycles. The molecule has 0 bridgehead atoms. The third-order valence-corrected chi connectivity index (χ3v) is 10.3. The monoisotopic (exact) mass is 765 g/mol. The lowest BCUT2D eigenvalue weighted by Crippen LogP contribution is -2.39. The molecule has 274 valence electrons. The number of rotatable bonds is 6. The summed E-state index contributed by atoms with van der Waals surface area (Å²) in [5.74, 6) is 0.430. The standard InChI is InChI=1S/C20H21ClN4O2.C15H12ClN3O3S.2CH4/c1-25-17-13(10-15(18(25)27)14-6-2-3-7-16(14)21)11-22-19(23-17)24-20(12-26)8-4-5-9-20;1-19-13-9(8-17-15(18-13)23(2,21)22)7-11(14(19)20)10-5-3-4-6-12(10)16;;/h2-3,6-7,10-11,26H,4-5,8-9,12H2,1H3,(H,22,23,24);3-8H,1-2H3;2*1H4. The lowest BCUT2D eigenvalue weighted by molar-refractivity contribution is 0.213. The normalized spacial score (nSPS) is 13.5. The molecule has 6 aromatic rings. The molecule has 1 fully saturated rings. The van der Waals surface area contributed by atoms with Gasteiger partial charge in [0.25, 0.3) is 11.1 Å². The first-order chi connectivity index (χ1) is 23.8. The molecular formula is C37H41Cl2N7O5S. The first-order valence-electron chi connectivity index (χ1n) is 15.6. The van der Waals surface area contributed by atoms with Crippen LogP contribution < -0.4 is 16.4 Å². The van der Waals surface area contributed by atoms with E-state index in [1.807, 2.05) is 18.2 Å². The Kier molecular flexibility index (Phi) is 12.3. The predicted molar refractivity (Wildman–Crippen MR) is 209 cm³/mol. The molecule has 0 spiro atoms. The van der Waals surface area contributed by atoms with Crippen LogP contribution in [0.25, 0.3) is 44.3 Å². The average molecular weight is 767 g/mol. The van der Waals surface area contributed by atoms with Crippen LogP contribution in [0.1, 0.15) is 40.5 Å². The van der Waals surface area contributed by atoms with Gasteiger partial charge in [0.05, 0.1) is 12.1 Å². The van der Waals surface area contributed by atoms with Gasteiger partial charge in [-0.05, 0) is 37.1 Å². The molecule has 1 aliphatic rings. The van der Waals surface area contributed by atoms with E-state index < -0.39 is 9.84 Å². The van der Waals surface area contributed by atoms with Gasteiger partial charge in [-0.25, -0.2) is 18.4 Å². The van der Waals surface area contributed by atoms with Gasteiger partial charge in [-0.3, -0.25) is 18.7 Å². The topological polar surface area (TPSA) is 162 Å². The maximum atomic E-state index is 12.9. The summed E-state index contributed by atoms with van der Waals surface area (Å²) >= 11 is 12.4. The summed E-state index contributed by atoms with van der Waals surface area (Å²) < 4.78 is 26.0. The molecule has 4 heterocycles. The van der Waals surface area contributed by atoms with E-state index >= 15 is 0 Å². The fraction of sp³-hybridized carbons (Fsp3) is 0.297. The molecule has 0 radical (unpaired) electrons. The number of nitrogens with one attached hydrogen (secondary N) is 1. The highest BCUT2D eigenvalue weighted by Crippen LogP contribution is 2.33. The Morgan fingerprint density at radius 1 is 0.769 bits per heavy atom. The lowest BCUT2D eigenvalue weighted by atomic mass is 9.99. The predicted octanol–water partition coefficient (Wildman–Crippen LogP) is 6.69. The molecule has 0 saturated heterocycles. The Bertz CT molecular complexity index is 2500. The number of aryl methyl sites for hydroxylation is 2.